The van der Waals surface area contributed by atoms with E-state index < -0.39 is 45.1 Å². The molecule has 2 unspecified atom stereocenters. The van der Waals surface area contributed by atoms with Gasteiger partial charge in [0, 0.05) is 18.8 Å². The summed E-state index contributed by atoms with van der Waals surface area (Å²) in [4.78, 5) is 26.3. The lowest BCUT2D eigenvalue weighted by molar-refractivity contribution is -0.418. The molecule has 2 spiro atoms. The summed E-state index contributed by atoms with van der Waals surface area (Å²) in [5, 5.41) is 23.1. The number of ketones is 1. The molecule has 13 atom stereocenters. The van der Waals surface area contributed by atoms with E-state index in [0.29, 0.717) is 44.9 Å². The van der Waals surface area contributed by atoms with E-state index in [0.717, 1.165) is 0 Å². The SMILES string of the molecule is C[C@@]12C[C@@H]([C@@]34CC[C@@]5(O3)C3C(O4)[C@H]4O[C@]46CC=CC(=O)[C@]6(C)[C@H]3CC[C@@]5(C)O)[C@@H](C[C@@]1(C)O)OC2=O. The Morgan fingerprint density at radius 1 is 0.917 bits per heavy atom. The van der Waals surface area contributed by atoms with E-state index in [4.69, 9.17) is 18.9 Å². The average molecular weight is 501 g/mol. The van der Waals surface area contributed by atoms with Gasteiger partial charge in [-0.15, -0.1) is 0 Å². The predicted octanol–water partition coefficient (Wildman–Crippen LogP) is 2.19. The summed E-state index contributed by atoms with van der Waals surface area (Å²) >= 11 is 0. The van der Waals surface area contributed by atoms with Gasteiger partial charge in [0.2, 0.25) is 0 Å². The van der Waals surface area contributed by atoms with Crippen molar-refractivity contribution in [3.63, 3.8) is 0 Å². The van der Waals surface area contributed by atoms with Crippen LogP contribution in [0.2, 0.25) is 0 Å². The number of aliphatic hydroxyl groups is 2. The number of hydrogen-bond acceptors (Lipinski definition) is 8. The van der Waals surface area contributed by atoms with Crippen LogP contribution in [0.1, 0.15) is 72.6 Å². The van der Waals surface area contributed by atoms with Gasteiger partial charge in [0.1, 0.15) is 23.4 Å². The van der Waals surface area contributed by atoms with Crippen LogP contribution >= 0.6 is 0 Å². The first-order chi connectivity index (χ1) is 16.8. The number of ether oxygens (including phenoxy) is 4. The molecule has 4 bridgehead atoms. The third-order valence-electron chi connectivity index (χ3n) is 12.7. The summed E-state index contributed by atoms with van der Waals surface area (Å²) in [5.41, 5.74) is -5.41. The number of hydrogen-bond donors (Lipinski definition) is 2. The van der Waals surface area contributed by atoms with Gasteiger partial charge in [-0.2, -0.15) is 0 Å². The van der Waals surface area contributed by atoms with E-state index in [-0.39, 0.29) is 41.7 Å². The van der Waals surface area contributed by atoms with Crippen molar-refractivity contribution < 1.29 is 38.7 Å². The van der Waals surface area contributed by atoms with Gasteiger partial charge in [0.25, 0.3) is 0 Å². The second kappa shape index (κ2) is 5.96. The van der Waals surface area contributed by atoms with Crippen LogP contribution in [0.4, 0.5) is 0 Å². The van der Waals surface area contributed by atoms with Crippen molar-refractivity contribution in [2.75, 3.05) is 0 Å². The highest BCUT2D eigenvalue weighted by Gasteiger charge is 2.86. The van der Waals surface area contributed by atoms with Crippen LogP contribution in [-0.2, 0) is 28.5 Å². The summed E-state index contributed by atoms with van der Waals surface area (Å²) in [6.45, 7) is 7.44. The van der Waals surface area contributed by atoms with Crippen molar-refractivity contribution in [2.24, 2.45) is 28.6 Å². The number of carbonyl (C=O) groups is 2. The van der Waals surface area contributed by atoms with Crippen molar-refractivity contribution in [3.05, 3.63) is 12.2 Å². The predicted molar refractivity (Wildman–Crippen MR) is 123 cm³/mol. The molecule has 5 aliphatic heterocycles. The standard InChI is InChI=1S/C28H36O8/c1-22-12-15(16(33-21(22)30)13-24(22,3)32)28-11-10-26(36-28)18-14(7-9-23(26,2)31)25(4)17(29)6-5-8-27(25)20(35-27)19(18)34-28/h5-6,14-16,18-20,31-32H,7-13H2,1-4H3/t14-,15+,16+,18?,19?,20+,22-,23+,24+,25-,26+,27+,28+/m0/s1. The lowest BCUT2D eigenvalue weighted by Gasteiger charge is -2.66. The molecule has 2 N–H and O–H groups in total. The molecule has 3 saturated carbocycles. The second-order valence-electron chi connectivity index (χ2n) is 14.0. The monoisotopic (exact) mass is 500 g/mol. The number of allylic oxidation sites excluding steroid dienone is 1. The van der Waals surface area contributed by atoms with Gasteiger partial charge < -0.3 is 29.2 Å². The average Bonchev–Trinajstić information content (AvgIpc) is 3.45. The fourth-order valence-electron chi connectivity index (χ4n) is 10.2. The maximum absolute atomic E-state index is 13.5. The van der Waals surface area contributed by atoms with E-state index in [1.807, 2.05) is 13.0 Å². The van der Waals surface area contributed by atoms with Gasteiger partial charge in [-0.25, -0.2) is 0 Å². The molecule has 8 heteroatoms. The zero-order valence-corrected chi connectivity index (χ0v) is 21.4. The highest BCUT2D eigenvalue weighted by Crippen LogP contribution is 2.76. The molecule has 0 aromatic rings. The number of fused-ring (bicyclic) bond motifs is 7. The number of rotatable bonds is 1. The highest BCUT2D eigenvalue weighted by atomic mass is 16.8. The maximum atomic E-state index is 13.5. The normalized spacial score (nSPS) is 65.9. The molecular weight excluding hydrogens is 464 g/mol. The quantitative estimate of drug-likeness (QED) is 0.416. The van der Waals surface area contributed by atoms with Crippen molar-refractivity contribution in [1.29, 1.82) is 0 Å². The first-order valence-electron chi connectivity index (χ1n) is 13.7. The van der Waals surface area contributed by atoms with Gasteiger partial charge in [-0.05, 0) is 71.8 Å². The van der Waals surface area contributed by atoms with E-state index in [1.165, 1.54) is 0 Å². The molecule has 36 heavy (non-hydrogen) atoms. The lowest BCUT2D eigenvalue weighted by Crippen LogP contribution is -2.77. The molecule has 8 nitrogen and oxygen atoms in total. The molecule has 8 fully saturated rings. The largest absolute Gasteiger partial charge is 0.461 e. The molecule has 0 radical (unpaired) electrons. The molecule has 9 rings (SSSR count). The van der Waals surface area contributed by atoms with Crippen molar-refractivity contribution in [1.82, 2.24) is 0 Å². The van der Waals surface area contributed by atoms with Crippen LogP contribution in [0.15, 0.2) is 12.2 Å². The van der Waals surface area contributed by atoms with E-state index >= 15 is 0 Å². The van der Waals surface area contributed by atoms with Crippen molar-refractivity contribution >= 4 is 11.8 Å². The van der Waals surface area contributed by atoms with Crippen LogP contribution in [0, 0.1) is 28.6 Å². The Morgan fingerprint density at radius 2 is 1.69 bits per heavy atom. The molecular formula is C28H36O8. The second-order valence-corrected chi connectivity index (χ2v) is 14.0. The Hall–Kier alpha value is -1.32. The van der Waals surface area contributed by atoms with Crippen molar-refractivity contribution in [3.8, 4) is 0 Å². The first-order valence-corrected chi connectivity index (χ1v) is 13.7. The Kier molecular flexibility index (Phi) is 3.75. The van der Waals surface area contributed by atoms with Crippen LogP contribution in [0.5, 0.6) is 0 Å². The number of epoxide rings is 1. The minimum absolute atomic E-state index is 0.0195. The zero-order chi connectivity index (χ0) is 25.3. The number of carbonyl (C=O) groups excluding carboxylic acids is 2. The van der Waals surface area contributed by atoms with E-state index in [1.54, 1.807) is 19.9 Å². The van der Waals surface area contributed by atoms with E-state index in [9.17, 15) is 19.8 Å². The van der Waals surface area contributed by atoms with Crippen LogP contribution in [0.3, 0.4) is 0 Å². The Labute approximate surface area is 210 Å². The fraction of sp³-hybridized carbons (Fsp3) is 0.857. The Morgan fingerprint density at radius 3 is 2.44 bits per heavy atom. The first kappa shape index (κ1) is 22.6. The third kappa shape index (κ3) is 2.08. The molecule has 196 valence electrons. The lowest BCUT2D eigenvalue weighted by atomic mass is 9.44. The molecule has 0 aromatic heterocycles. The molecule has 0 amide bonds. The van der Waals surface area contributed by atoms with Gasteiger partial charge >= 0.3 is 5.97 Å². The van der Waals surface area contributed by atoms with Crippen LogP contribution in [-0.4, -0.2) is 68.5 Å². The van der Waals surface area contributed by atoms with E-state index in [2.05, 4.69) is 6.92 Å². The zero-order valence-electron chi connectivity index (χ0n) is 21.4. The van der Waals surface area contributed by atoms with Gasteiger partial charge in [-0.3, -0.25) is 9.59 Å². The minimum Gasteiger partial charge on any atom is -0.461 e. The molecule has 4 aliphatic carbocycles. The Bertz CT molecular complexity index is 1140. The van der Waals surface area contributed by atoms with Crippen molar-refractivity contribution in [2.45, 2.75) is 119 Å². The topological polar surface area (TPSA) is 115 Å². The molecule has 9 aliphatic rings. The molecule has 5 saturated heterocycles. The summed E-state index contributed by atoms with van der Waals surface area (Å²) < 4.78 is 26.5. The van der Waals surface area contributed by atoms with Gasteiger partial charge in [0.15, 0.2) is 11.6 Å². The van der Waals surface area contributed by atoms with Crippen LogP contribution in [0.25, 0.3) is 0 Å². The molecule has 0 aromatic carbocycles. The van der Waals surface area contributed by atoms with Gasteiger partial charge in [0.05, 0.1) is 34.1 Å². The minimum atomic E-state index is -1.17. The summed E-state index contributed by atoms with van der Waals surface area (Å²) in [5.74, 6) is -1.74. The van der Waals surface area contributed by atoms with Gasteiger partial charge in [-0.1, -0.05) is 6.08 Å². The highest BCUT2D eigenvalue weighted by molar-refractivity contribution is 5.98. The smallest absolute Gasteiger partial charge is 0.315 e. The number of esters is 1. The van der Waals surface area contributed by atoms with Crippen LogP contribution < -0.4 is 0 Å². The summed E-state index contributed by atoms with van der Waals surface area (Å²) in [7, 11) is 0. The summed E-state index contributed by atoms with van der Waals surface area (Å²) in [6, 6.07) is 0. The summed E-state index contributed by atoms with van der Waals surface area (Å²) in [6.07, 6.45) is 6.44. The third-order valence-corrected chi connectivity index (χ3v) is 12.7. The maximum Gasteiger partial charge on any atom is 0.315 e. The molecule has 5 heterocycles. The fourth-order valence-corrected chi connectivity index (χ4v) is 10.2. The Balaban J connectivity index is 1.26.